The largest absolute Gasteiger partial charge is 0.377 e. The Hall–Kier alpha value is -1.60. The smallest absolute Gasteiger partial charge is 0.245 e. The number of aromatic nitrogens is 2. The van der Waals surface area contributed by atoms with E-state index in [9.17, 15) is 9.59 Å². The van der Waals surface area contributed by atoms with Crippen molar-refractivity contribution in [2.75, 3.05) is 19.8 Å². The quantitative estimate of drug-likeness (QED) is 0.841. The number of nitrogens with zero attached hydrogens (tertiary/aromatic N) is 3. The van der Waals surface area contributed by atoms with E-state index in [2.05, 4.69) is 5.10 Å². The molecule has 0 aromatic carbocycles. The Kier molecular flexibility index (Phi) is 4.29. The number of aryl methyl sites for hydroxylation is 1. The molecule has 2 amide bonds. The summed E-state index contributed by atoms with van der Waals surface area (Å²) in [6.45, 7) is 4.48. The molecule has 0 saturated carbocycles. The highest BCUT2D eigenvalue weighted by Gasteiger charge is 2.31. The van der Waals surface area contributed by atoms with Gasteiger partial charge in [0.25, 0.3) is 0 Å². The molecule has 0 spiro atoms. The van der Waals surface area contributed by atoms with Crippen molar-refractivity contribution in [1.29, 1.82) is 0 Å². The first-order valence-electron chi connectivity index (χ1n) is 6.28. The van der Waals surface area contributed by atoms with Crippen LogP contribution in [0.4, 0.5) is 0 Å². The molecule has 0 aliphatic carbocycles. The second-order valence-electron chi connectivity index (χ2n) is 4.72. The van der Waals surface area contributed by atoms with E-state index in [1.165, 1.54) is 9.58 Å². The minimum atomic E-state index is -0.719. The second kappa shape index (κ2) is 5.80. The van der Waals surface area contributed by atoms with Crippen molar-refractivity contribution >= 4 is 23.4 Å². The zero-order valence-electron chi connectivity index (χ0n) is 11.4. The van der Waals surface area contributed by atoms with Gasteiger partial charge in [-0.15, -0.1) is 0 Å². The van der Waals surface area contributed by atoms with Gasteiger partial charge in [0.15, 0.2) is 0 Å². The fraction of sp³-hybridized carbons (Fsp3) is 0.583. The van der Waals surface area contributed by atoms with Crippen molar-refractivity contribution < 1.29 is 14.3 Å². The van der Waals surface area contributed by atoms with Crippen molar-refractivity contribution in [2.45, 2.75) is 26.4 Å². The Labute approximate surface area is 121 Å². The summed E-state index contributed by atoms with van der Waals surface area (Å²) in [6.07, 6.45) is 0. The van der Waals surface area contributed by atoms with Gasteiger partial charge in [-0.1, -0.05) is 11.6 Å². The summed E-state index contributed by atoms with van der Waals surface area (Å²) in [6, 6.07) is -0.719. The number of amides is 2. The molecule has 8 heteroatoms. The molecule has 20 heavy (non-hydrogen) atoms. The van der Waals surface area contributed by atoms with Crippen LogP contribution in [0, 0.1) is 13.8 Å². The van der Waals surface area contributed by atoms with Crippen LogP contribution in [0.5, 0.6) is 0 Å². The number of nitrogens with two attached hydrogens (primary N) is 1. The Balaban J connectivity index is 2.14. The molecule has 2 heterocycles. The highest BCUT2D eigenvalue weighted by Crippen LogP contribution is 2.19. The topological polar surface area (TPSA) is 90.4 Å². The van der Waals surface area contributed by atoms with Crippen molar-refractivity contribution in [3.8, 4) is 0 Å². The summed E-state index contributed by atoms with van der Waals surface area (Å²) >= 11 is 6.04. The van der Waals surface area contributed by atoms with Crippen LogP contribution in [0.1, 0.15) is 11.4 Å². The summed E-state index contributed by atoms with van der Waals surface area (Å²) in [5.41, 5.74) is 6.69. The molecule has 1 fully saturated rings. The average Bonchev–Trinajstić information content (AvgIpc) is 2.66. The third-order valence-corrected chi connectivity index (χ3v) is 3.90. The number of morpholine rings is 1. The number of hydrogen-bond acceptors (Lipinski definition) is 4. The standard InChI is InChI=1S/C12H17ClN4O3/c1-7-11(13)8(2)17(15-7)5-10(18)16-3-4-20-6-9(16)12(14)19/h9H,3-6H2,1-2H3,(H2,14,19). The van der Waals surface area contributed by atoms with Crippen molar-refractivity contribution in [2.24, 2.45) is 5.73 Å². The molecule has 7 nitrogen and oxygen atoms in total. The second-order valence-corrected chi connectivity index (χ2v) is 5.10. The van der Waals surface area contributed by atoms with E-state index in [1.807, 2.05) is 0 Å². The van der Waals surface area contributed by atoms with Crippen LogP contribution < -0.4 is 5.73 Å². The molecule has 1 aromatic rings. The number of carbonyl (C=O) groups excluding carboxylic acids is 2. The van der Waals surface area contributed by atoms with Crippen LogP contribution >= 0.6 is 11.6 Å². The molecular weight excluding hydrogens is 284 g/mol. The van der Waals surface area contributed by atoms with Crippen LogP contribution in [0.2, 0.25) is 5.02 Å². The molecule has 1 unspecified atom stereocenters. The minimum Gasteiger partial charge on any atom is -0.377 e. The van der Waals surface area contributed by atoms with E-state index in [0.717, 1.165) is 5.69 Å². The molecule has 2 N–H and O–H groups in total. The van der Waals surface area contributed by atoms with Gasteiger partial charge in [-0.2, -0.15) is 5.10 Å². The molecule has 2 rings (SSSR count). The third-order valence-electron chi connectivity index (χ3n) is 3.36. The van der Waals surface area contributed by atoms with Crippen LogP contribution in [0.15, 0.2) is 0 Å². The molecule has 1 atom stereocenters. The molecule has 1 saturated heterocycles. The van der Waals surface area contributed by atoms with Crippen molar-refractivity contribution in [3.05, 3.63) is 16.4 Å². The Morgan fingerprint density at radius 2 is 2.20 bits per heavy atom. The van der Waals surface area contributed by atoms with Gasteiger partial charge in [-0.25, -0.2) is 0 Å². The van der Waals surface area contributed by atoms with E-state index in [4.69, 9.17) is 22.1 Å². The lowest BCUT2D eigenvalue weighted by atomic mass is 10.2. The third kappa shape index (κ3) is 2.78. The molecule has 0 radical (unpaired) electrons. The molecular formula is C12H17ClN4O3. The highest BCUT2D eigenvalue weighted by atomic mass is 35.5. The summed E-state index contributed by atoms with van der Waals surface area (Å²) in [7, 11) is 0. The maximum Gasteiger partial charge on any atom is 0.245 e. The molecule has 1 aliphatic heterocycles. The predicted molar refractivity (Wildman–Crippen MR) is 72.2 cm³/mol. The lowest BCUT2D eigenvalue weighted by Gasteiger charge is -2.33. The lowest BCUT2D eigenvalue weighted by Crippen LogP contribution is -2.55. The van der Waals surface area contributed by atoms with Crippen molar-refractivity contribution in [3.63, 3.8) is 0 Å². The number of rotatable bonds is 3. The van der Waals surface area contributed by atoms with Gasteiger partial charge in [0.1, 0.15) is 12.6 Å². The summed E-state index contributed by atoms with van der Waals surface area (Å²) in [4.78, 5) is 25.1. The first-order chi connectivity index (χ1) is 9.41. The van der Waals surface area contributed by atoms with Gasteiger partial charge in [-0.3, -0.25) is 14.3 Å². The number of ether oxygens (including phenoxy) is 1. The molecule has 110 valence electrons. The van der Waals surface area contributed by atoms with Gasteiger partial charge >= 0.3 is 0 Å². The monoisotopic (exact) mass is 300 g/mol. The molecule has 0 bridgehead atoms. The first kappa shape index (κ1) is 14.8. The predicted octanol–water partition coefficient (Wildman–Crippen LogP) is -0.134. The Bertz CT molecular complexity index is 543. The molecule has 1 aromatic heterocycles. The first-order valence-corrected chi connectivity index (χ1v) is 6.65. The fourth-order valence-electron chi connectivity index (χ4n) is 2.19. The number of carbonyl (C=O) groups is 2. The lowest BCUT2D eigenvalue weighted by molar-refractivity contribution is -0.147. The summed E-state index contributed by atoms with van der Waals surface area (Å²) in [5, 5.41) is 4.75. The van der Waals surface area contributed by atoms with Gasteiger partial charge in [0.05, 0.1) is 29.6 Å². The summed E-state index contributed by atoms with van der Waals surface area (Å²) < 4.78 is 6.72. The van der Waals surface area contributed by atoms with Crippen molar-refractivity contribution in [1.82, 2.24) is 14.7 Å². The number of primary amides is 1. The van der Waals surface area contributed by atoms with Gasteiger partial charge in [0.2, 0.25) is 11.8 Å². The van der Waals surface area contributed by atoms with Crippen LogP contribution in [-0.4, -0.2) is 52.3 Å². The number of halogens is 1. The normalized spacial score (nSPS) is 19.1. The minimum absolute atomic E-state index is 0.0309. The molecule has 1 aliphatic rings. The maximum atomic E-state index is 12.3. The van der Waals surface area contributed by atoms with Crippen LogP contribution in [-0.2, 0) is 20.9 Å². The summed E-state index contributed by atoms with van der Waals surface area (Å²) in [5.74, 6) is -0.788. The van der Waals surface area contributed by atoms with Crippen LogP contribution in [0.25, 0.3) is 0 Å². The van der Waals surface area contributed by atoms with E-state index < -0.39 is 11.9 Å². The van der Waals surface area contributed by atoms with E-state index in [0.29, 0.717) is 23.9 Å². The van der Waals surface area contributed by atoms with Gasteiger partial charge in [-0.05, 0) is 13.8 Å². The van der Waals surface area contributed by atoms with Gasteiger partial charge < -0.3 is 15.4 Å². The average molecular weight is 301 g/mol. The van der Waals surface area contributed by atoms with Gasteiger partial charge in [0, 0.05) is 6.54 Å². The van der Waals surface area contributed by atoms with Crippen LogP contribution in [0.3, 0.4) is 0 Å². The Morgan fingerprint density at radius 1 is 1.50 bits per heavy atom. The number of hydrogen-bond donors (Lipinski definition) is 1. The Morgan fingerprint density at radius 3 is 2.75 bits per heavy atom. The van der Waals surface area contributed by atoms with E-state index in [-0.39, 0.29) is 19.1 Å². The maximum absolute atomic E-state index is 12.3. The zero-order chi connectivity index (χ0) is 14.9. The van der Waals surface area contributed by atoms with E-state index in [1.54, 1.807) is 13.8 Å². The zero-order valence-corrected chi connectivity index (χ0v) is 12.2. The fourth-order valence-corrected chi connectivity index (χ4v) is 2.32. The van der Waals surface area contributed by atoms with E-state index >= 15 is 0 Å². The highest BCUT2D eigenvalue weighted by molar-refractivity contribution is 6.31. The SMILES string of the molecule is Cc1nn(CC(=O)N2CCOCC2C(N)=O)c(C)c1Cl.